The molecule has 1 fully saturated rings. The predicted molar refractivity (Wildman–Crippen MR) is 134 cm³/mol. The Labute approximate surface area is 203 Å². The van der Waals surface area contributed by atoms with Gasteiger partial charge in [0.15, 0.2) is 0 Å². The number of rotatable bonds is 6. The molecule has 0 aliphatic heterocycles. The van der Waals surface area contributed by atoms with Crippen molar-refractivity contribution in [1.29, 1.82) is 0 Å². The molecule has 3 aromatic rings. The lowest BCUT2D eigenvalue weighted by molar-refractivity contribution is -0.123. The minimum atomic E-state index is -0.542. The molecule has 2 N–H and O–H groups in total. The summed E-state index contributed by atoms with van der Waals surface area (Å²) in [5, 5.41) is 10.6. The lowest BCUT2D eigenvalue weighted by Gasteiger charge is -2.20. The summed E-state index contributed by atoms with van der Waals surface area (Å²) < 4.78 is 3.86. The zero-order valence-corrected chi connectivity index (χ0v) is 21.1. The molecule has 0 radical (unpaired) electrons. The molecule has 2 amide bonds. The number of benzene rings is 1. The Morgan fingerprint density at radius 1 is 1.14 bits per heavy atom. The first-order chi connectivity index (χ1) is 16.4. The number of nitrogens with one attached hydrogen (secondary N) is 2. The number of amides is 2. The molecule has 0 spiro atoms. The highest BCUT2D eigenvalue weighted by molar-refractivity contribution is 5.98. The topological polar surface area (TPSA) is 120 Å². The summed E-state index contributed by atoms with van der Waals surface area (Å²) in [5.74, 6) is -0.321. The summed E-state index contributed by atoms with van der Waals surface area (Å²) in [6.45, 7) is 9.56. The van der Waals surface area contributed by atoms with Crippen molar-refractivity contribution < 1.29 is 9.59 Å². The van der Waals surface area contributed by atoms with Gasteiger partial charge in [-0.1, -0.05) is 26.7 Å². The van der Waals surface area contributed by atoms with E-state index in [9.17, 15) is 19.2 Å². The van der Waals surface area contributed by atoms with Crippen molar-refractivity contribution in [2.24, 2.45) is 5.92 Å². The molecular weight excluding hydrogens is 448 g/mol. The SMILES string of the molecule is CC(C)Cn1c(=O)c2ccc(C(=O)NC3CCCC3)cc2n2c(=O)n(CC(=O)NC(C)(C)C)nc12. The van der Waals surface area contributed by atoms with Gasteiger partial charge in [0.1, 0.15) is 6.54 Å². The zero-order chi connectivity index (χ0) is 25.5. The summed E-state index contributed by atoms with van der Waals surface area (Å²) in [6, 6.07) is 4.92. The fourth-order valence-electron chi connectivity index (χ4n) is 4.62. The monoisotopic (exact) mass is 482 g/mol. The van der Waals surface area contributed by atoms with Gasteiger partial charge in [-0.15, -0.1) is 5.10 Å². The Hall–Kier alpha value is -3.43. The van der Waals surface area contributed by atoms with E-state index in [4.69, 9.17) is 0 Å². The highest BCUT2D eigenvalue weighted by Crippen LogP contribution is 2.19. The van der Waals surface area contributed by atoms with Gasteiger partial charge >= 0.3 is 5.69 Å². The van der Waals surface area contributed by atoms with Crippen molar-refractivity contribution in [2.45, 2.75) is 85.0 Å². The maximum atomic E-state index is 13.4. The van der Waals surface area contributed by atoms with E-state index in [2.05, 4.69) is 15.7 Å². The van der Waals surface area contributed by atoms with Crippen molar-refractivity contribution >= 4 is 28.5 Å². The second kappa shape index (κ2) is 9.31. The number of nitrogens with zero attached hydrogens (tertiary/aromatic N) is 4. The van der Waals surface area contributed by atoms with Gasteiger partial charge in [0.25, 0.3) is 11.5 Å². The Morgan fingerprint density at radius 2 is 1.83 bits per heavy atom. The van der Waals surface area contributed by atoms with Gasteiger partial charge in [0.2, 0.25) is 11.7 Å². The van der Waals surface area contributed by atoms with Gasteiger partial charge in [-0.05, 0) is 57.7 Å². The van der Waals surface area contributed by atoms with Crippen molar-refractivity contribution in [1.82, 2.24) is 29.4 Å². The van der Waals surface area contributed by atoms with Gasteiger partial charge in [-0.2, -0.15) is 0 Å². The van der Waals surface area contributed by atoms with Crippen LogP contribution in [0.4, 0.5) is 0 Å². The van der Waals surface area contributed by atoms with Crippen LogP contribution in [0.15, 0.2) is 27.8 Å². The van der Waals surface area contributed by atoms with E-state index in [0.717, 1.165) is 30.4 Å². The van der Waals surface area contributed by atoms with E-state index < -0.39 is 11.2 Å². The van der Waals surface area contributed by atoms with E-state index >= 15 is 0 Å². The van der Waals surface area contributed by atoms with Gasteiger partial charge in [-0.25, -0.2) is 13.9 Å². The largest absolute Gasteiger partial charge is 0.352 e. The Morgan fingerprint density at radius 3 is 2.46 bits per heavy atom. The second-order valence-corrected chi connectivity index (χ2v) is 10.9. The van der Waals surface area contributed by atoms with Crippen molar-refractivity contribution in [2.75, 3.05) is 0 Å². The van der Waals surface area contributed by atoms with Crippen LogP contribution >= 0.6 is 0 Å². The summed E-state index contributed by atoms with van der Waals surface area (Å²) in [5.41, 5.74) is -0.623. The second-order valence-electron chi connectivity index (χ2n) is 10.9. The average molecular weight is 483 g/mol. The predicted octanol–water partition coefficient (Wildman–Crippen LogP) is 2.05. The summed E-state index contributed by atoms with van der Waals surface area (Å²) in [7, 11) is 0. The van der Waals surface area contributed by atoms with E-state index in [1.54, 1.807) is 18.2 Å². The first-order valence-corrected chi connectivity index (χ1v) is 12.2. The number of carbonyl (C=O) groups is 2. The van der Waals surface area contributed by atoms with Crippen LogP contribution in [0, 0.1) is 5.92 Å². The first-order valence-electron chi connectivity index (χ1n) is 12.2. The quantitative estimate of drug-likeness (QED) is 0.557. The van der Waals surface area contributed by atoms with Crippen molar-refractivity contribution in [3.05, 3.63) is 44.6 Å². The van der Waals surface area contributed by atoms with Crippen LogP contribution in [-0.2, 0) is 17.9 Å². The standard InChI is InChI=1S/C25H34N6O4/c1-15(2)13-29-22(34)18-11-10-16(21(33)26-17-8-6-7-9-17)12-19(18)31-23(29)28-30(24(31)35)14-20(32)27-25(3,4)5/h10-12,15,17H,6-9,13-14H2,1-5H3,(H,26,33)(H,27,32). The van der Waals surface area contributed by atoms with Crippen molar-refractivity contribution in [3.63, 3.8) is 0 Å². The Bertz CT molecular complexity index is 1400. The normalized spacial score (nSPS) is 14.8. The lowest BCUT2D eigenvalue weighted by Crippen LogP contribution is -2.43. The molecule has 1 aromatic carbocycles. The molecule has 1 aliphatic rings. The molecule has 0 bridgehead atoms. The van der Waals surface area contributed by atoms with Crippen LogP contribution in [0.5, 0.6) is 0 Å². The first kappa shape index (κ1) is 24.7. The summed E-state index contributed by atoms with van der Waals surface area (Å²) in [4.78, 5) is 52.2. The van der Waals surface area contributed by atoms with E-state index in [0.29, 0.717) is 23.0 Å². The highest BCUT2D eigenvalue weighted by Gasteiger charge is 2.23. The third kappa shape index (κ3) is 5.16. The Kier molecular flexibility index (Phi) is 6.57. The number of hydrogen-bond donors (Lipinski definition) is 2. The molecule has 1 saturated carbocycles. The summed E-state index contributed by atoms with van der Waals surface area (Å²) in [6.07, 6.45) is 4.09. The van der Waals surface area contributed by atoms with Crippen LogP contribution in [0.3, 0.4) is 0 Å². The molecule has 0 saturated heterocycles. The molecular formula is C25H34N6O4. The van der Waals surface area contributed by atoms with E-state index in [1.807, 2.05) is 34.6 Å². The van der Waals surface area contributed by atoms with E-state index in [-0.39, 0.29) is 41.7 Å². The van der Waals surface area contributed by atoms with E-state index in [1.165, 1.54) is 8.97 Å². The van der Waals surface area contributed by atoms with Crippen LogP contribution in [0.2, 0.25) is 0 Å². The highest BCUT2D eigenvalue weighted by atomic mass is 16.2. The third-order valence-corrected chi connectivity index (χ3v) is 6.09. The molecule has 10 nitrogen and oxygen atoms in total. The molecule has 2 heterocycles. The number of carbonyl (C=O) groups excluding carboxylic acids is 2. The molecule has 1 aliphatic carbocycles. The number of aromatic nitrogens is 4. The third-order valence-electron chi connectivity index (χ3n) is 6.09. The fourth-order valence-corrected chi connectivity index (χ4v) is 4.62. The molecule has 188 valence electrons. The maximum absolute atomic E-state index is 13.4. The van der Waals surface area contributed by atoms with Crippen LogP contribution in [-0.4, -0.2) is 42.1 Å². The molecule has 0 unspecified atom stereocenters. The zero-order valence-electron chi connectivity index (χ0n) is 21.1. The van der Waals surface area contributed by atoms with Crippen LogP contribution in [0.25, 0.3) is 16.7 Å². The van der Waals surface area contributed by atoms with Crippen molar-refractivity contribution in [3.8, 4) is 0 Å². The lowest BCUT2D eigenvalue weighted by atomic mass is 10.1. The van der Waals surface area contributed by atoms with Gasteiger partial charge in [0.05, 0.1) is 10.9 Å². The molecule has 0 atom stereocenters. The van der Waals surface area contributed by atoms with Crippen LogP contribution < -0.4 is 21.9 Å². The summed E-state index contributed by atoms with van der Waals surface area (Å²) >= 11 is 0. The van der Waals surface area contributed by atoms with Gasteiger partial charge < -0.3 is 10.6 Å². The Balaban J connectivity index is 1.86. The minimum absolute atomic E-state index is 0.120. The smallest absolute Gasteiger partial charge is 0.350 e. The van der Waals surface area contributed by atoms with Gasteiger partial charge in [0, 0.05) is 23.7 Å². The molecule has 2 aromatic heterocycles. The molecule has 4 rings (SSSR count). The molecule has 10 heteroatoms. The van der Waals surface area contributed by atoms with Gasteiger partial charge in [-0.3, -0.25) is 19.0 Å². The fraction of sp³-hybridized carbons (Fsp3) is 0.560. The van der Waals surface area contributed by atoms with Crippen LogP contribution in [0.1, 0.15) is 70.7 Å². The minimum Gasteiger partial charge on any atom is -0.350 e. The molecule has 35 heavy (non-hydrogen) atoms. The number of fused-ring (bicyclic) bond motifs is 3. The number of hydrogen-bond acceptors (Lipinski definition) is 5. The average Bonchev–Trinajstić information content (AvgIpc) is 3.37. The maximum Gasteiger partial charge on any atom is 0.352 e.